The first-order valence-corrected chi connectivity index (χ1v) is 9.16. The molecule has 27 heavy (non-hydrogen) atoms. The molecule has 0 aromatic heterocycles. The van der Waals surface area contributed by atoms with Gasteiger partial charge in [-0.05, 0) is 48.1 Å². The predicted octanol–water partition coefficient (Wildman–Crippen LogP) is 3.35. The Hall–Kier alpha value is -2.89. The van der Waals surface area contributed by atoms with E-state index in [1.165, 1.54) is 17.7 Å². The second-order valence-corrected chi connectivity index (χ2v) is 7.25. The largest absolute Gasteiger partial charge is 0.465 e. The molecule has 1 fully saturated rings. The molecule has 2 N–H and O–H groups in total. The summed E-state index contributed by atoms with van der Waals surface area (Å²) in [6.45, 7) is 0.603. The molecule has 0 saturated heterocycles. The van der Waals surface area contributed by atoms with Crippen molar-refractivity contribution < 1.29 is 19.1 Å². The van der Waals surface area contributed by atoms with E-state index in [2.05, 4.69) is 11.4 Å². The molecule has 140 valence electrons. The number of benzene rings is 2. The fraction of sp³-hybridized carbons (Fsp3) is 0.333. The molecule has 0 unspecified atom stereocenters. The highest BCUT2D eigenvalue weighted by Crippen LogP contribution is 2.39. The second-order valence-electron chi connectivity index (χ2n) is 7.25. The molecule has 4 rings (SSSR count). The Kier molecular flexibility index (Phi) is 4.56. The van der Waals surface area contributed by atoms with Gasteiger partial charge in [0.15, 0.2) is 0 Å². The third kappa shape index (κ3) is 3.39. The van der Waals surface area contributed by atoms with Crippen molar-refractivity contribution in [3.8, 4) is 0 Å². The number of carbonyl (C=O) groups excluding carboxylic acids is 1. The van der Waals surface area contributed by atoms with Crippen LogP contribution in [0.25, 0.3) is 0 Å². The molecule has 1 saturated carbocycles. The minimum Gasteiger partial charge on any atom is -0.465 e. The SMILES string of the molecule is O=C(O)NC1CC(C(=O)N2CCc3ccccc3[C@@H]2c2ccc(F)cc2)C1. The van der Waals surface area contributed by atoms with E-state index in [1.54, 1.807) is 12.1 Å². The van der Waals surface area contributed by atoms with Crippen LogP contribution in [0.3, 0.4) is 0 Å². The Labute approximate surface area is 156 Å². The maximum Gasteiger partial charge on any atom is 0.404 e. The van der Waals surface area contributed by atoms with Crippen molar-refractivity contribution in [1.82, 2.24) is 10.2 Å². The lowest BCUT2D eigenvalue weighted by Crippen LogP contribution is -2.52. The van der Waals surface area contributed by atoms with Crippen molar-refractivity contribution in [2.24, 2.45) is 5.92 Å². The van der Waals surface area contributed by atoms with Crippen LogP contribution in [0, 0.1) is 11.7 Å². The summed E-state index contributed by atoms with van der Waals surface area (Å²) in [7, 11) is 0. The maximum atomic E-state index is 13.4. The van der Waals surface area contributed by atoms with E-state index in [0.29, 0.717) is 19.4 Å². The molecule has 0 spiro atoms. The summed E-state index contributed by atoms with van der Waals surface area (Å²) in [5.74, 6) is -0.431. The average molecular weight is 368 g/mol. The molecule has 5 nitrogen and oxygen atoms in total. The van der Waals surface area contributed by atoms with Crippen LogP contribution in [0.15, 0.2) is 48.5 Å². The molecule has 2 amide bonds. The summed E-state index contributed by atoms with van der Waals surface area (Å²) < 4.78 is 13.4. The highest BCUT2D eigenvalue weighted by Gasteiger charge is 2.41. The van der Waals surface area contributed by atoms with Crippen LogP contribution in [0.1, 0.15) is 35.6 Å². The number of carbonyl (C=O) groups is 2. The van der Waals surface area contributed by atoms with Crippen molar-refractivity contribution >= 4 is 12.0 Å². The number of halogens is 1. The Bertz CT molecular complexity index is 862. The molecule has 1 atom stereocenters. The predicted molar refractivity (Wildman–Crippen MR) is 97.8 cm³/mol. The molecule has 6 heteroatoms. The summed E-state index contributed by atoms with van der Waals surface area (Å²) in [5, 5.41) is 11.2. The number of fused-ring (bicyclic) bond motifs is 1. The molecular weight excluding hydrogens is 347 g/mol. The topological polar surface area (TPSA) is 69.6 Å². The lowest BCUT2D eigenvalue weighted by molar-refractivity contribution is -0.141. The molecule has 2 aromatic rings. The van der Waals surface area contributed by atoms with Gasteiger partial charge in [-0.3, -0.25) is 4.79 Å². The third-order valence-corrected chi connectivity index (χ3v) is 5.57. The molecule has 1 heterocycles. The zero-order valence-corrected chi connectivity index (χ0v) is 14.8. The number of carboxylic acid groups (broad SMARTS) is 1. The Morgan fingerprint density at radius 3 is 2.48 bits per heavy atom. The summed E-state index contributed by atoms with van der Waals surface area (Å²) >= 11 is 0. The third-order valence-electron chi connectivity index (χ3n) is 5.57. The summed E-state index contributed by atoms with van der Waals surface area (Å²) in [6.07, 6.45) is 0.782. The number of nitrogens with zero attached hydrogens (tertiary/aromatic N) is 1. The highest BCUT2D eigenvalue weighted by molar-refractivity contribution is 5.81. The Morgan fingerprint density at radius 1 is 1.07 bits per heavy atom. The Morgan fingerprint density at radius 2 is 1.78 bits per heavy atom. The normalized spacial score (nSPS) is 23.9. The van der Waals surface area contributed by atoms with Gasteiger partial charge in [-0.1, -0.05) is 36.4 Å². The van der Waals surface area contributed by atoms with E-state index in [0.717, 1.165) is 17.5 Å². The molecule has 2 aromatic carbocycles. The zero-order chi connectivity index (χ0) is 19.0. The van der Waals surface area contributed by atoms with Crippen LogP contribution in [-0.2, 0) is 11.2 Å². The minimum atomic E-state index is -1.05. The number of amides is 2. The molecule has 1 aliphatic carbocycles. The van der Waals surface area contributed by atoms with Gasteiger partial charge in [0.1, 0.15) is 5.82 Å². The summed E-state index contributed by atoms with van der Waals surface area (Å²) in [4.78, 5) is 25.8. The van der Waals surface area contributed by atoms with Crippen LogP contribution >= 0.6 is 0 Å². The van der Waals surface area contributed by atoms with Crippen molar-refractivity contribution in [3.05, 3.63) is 71.0 Å². The van der Waals surface area contributed by atoms with Crippen LogP contribution in [0.5, 0.6) is 0 Å². The number of hydrogen-bond donors (Lipinski definition) is 2. The van der Waals surface area contributed by atoms with E-state index in [1.807, 2.05) is 23.1 Å². The van der Waals surface area contributed by atoms with Crippen molar-refractivity contribution in [3.63, 3.8) is 0 Å². The van der Waals surface area contributed by atoms with Crippen molar-refractivity contribution in [1.29, 1.82) is 0 Å². The van der Waals surface area contributed by atoms with Crippen LogP contribution in [0.2, 0.25) is 0 Å². The zero-order valence-electron chi connectivity index (χ0n) is 14.8. The van der Waals surface area contributed by atoms with Crippen LogP contribution < -0.4 is 5.32 Å². The molecule has 0 radical (unpaired) electrons. The monoisotopic (exact) mass is 368 g/mol. The van der Waals surface area contributed by atoms with Gasteiger partial charge in [0, 0.05) is 18.5 Å². The van der Waals surface area contributed by atoms with E-state index in [9.17, 15) is 14.0 Å². The van der Waals surface area contributed by atoms with Gasteiger partial charge in [0.25, 0.3) is 0 Å². The van der Waals surface area contributed by atoms with E-state index in [-0.39, 0.29) is 29.7 Å². The first-order valence-electron chi connectivity index (χ1n) is 9.16. The second kappa shape index (κ2) is 7.02. The van der Waals surface area contributed by atoms with Gasteiger partial charge in [0.05, 0.1) is 6.04 Å². The van der Waals surface area contributed by atoms with Gasteiger partial charge in [-0.25, -0.2) is 9.18 Å². The quantitative estimate of drug-likeness (QED) is 0.873. The van der Waals surface area contributed by atoms with Gasteiger partial charge in [0.2, 0.25) is 5.91 Å². The van der Waals surface area contributed by atoms with Gasteiger partial charge >= 0.3 is 6.09 Å². The molecule has 0 bridgehead atoms. The van der Waals surface area contributed by atoms with Crippen molar-refractivity contribution in [2.75, 3.05) is 6.54 Å². The van der Waals surface area contributed by atoms with Gasteiger partial charge < -0.3 is 15.3 Å². The number of rotatable bonds is 3. The summed E-state index contributed by atoms with van der Waals surface area (Å²) in [6, 6.07) is 14.0. The summed E-state index contributed by atoms with van der Waals surface area (Å²) in [5.41, 5.74) is 3.16. The average Bonchev–Trinajstić information content (AvgIpc) is 2.63. The fourth-order valence-electron chi connectivity index (χ4n) is 4.15. The Balaban J connectivity index is 1.60. The highest BCUT2D eigenvalue weighted by atomic mass is 19.1. The standard InChI is InChI=1S/C21H21FN2O3/c22-16-7-5-14(6-8-16)19-18-4-2-1-3-13(18)9-10-24(19)20(25)15-11-17(12-15)23-21(26)27/h1-8,15,17,19,23H,9-12H2,(H,26,27)/t15?,17?,19-/m0/s1. The minimum absolute atomic E-state index is 0.0438. The first kappa shape index (κ1) is 17.5. The molecule has 1 aliphatic heterocycles. The lowest BCUT2D eigenvalue weighted by Gasteiger charge is -2.43. The van der Waals surface area contributed by atoms with Crippen LogP contribution in [0.4, 0.5) is 9.18 Å². The number of hydrogen-bond acceptors (Lipinski definition) is 2. The lowest BCUT2D eigenvalue weighted by atomic mass is 9.78. The number of nitrogens with one attached hydrogen (secondary N) is 1. The maximum absolute atomic E-state index is 13.4. The van der Waals surface area contributed by atoms with Gasteiger partial charge in [-0.2, -0.15) is 0 Å². The van der Waals surface area contributed by atoms with Crippen LogP contribution in [-0.4, -0.2) is 34.6 Å². The van der Waals surface area contributed by atoms with Gasteiger partial charge in [-0.15, -0.1) is 0 Å². The molecule has 2 aliphatic rings. The fourth-order valence-corrected chi connectivity index (χ4v) is 4.15. The first-order chi connectivity index (χ1) is 13.0. The van der Waals surface area contributed by atoms with E-state index < -0.39 is 6.09 Å². The molecular formula is C21H21FN2O3. The van der Waals surface area contributed by atoms with E-state index >= 15 is 0 Å². The smallest absolute Gasteiger partial charge is 0.404 e. The van der Waals surface area contributed by atoms with E-state index in [4.69, 9.17) is 5.11 Å². The van der Waals surface area contributed by atoms with Crippen molar-refractivity contribution in [2.45, 2.75) is 31.3 Å².